The molecule has 1 aliphatic rings. The smallest absolute Gasteiger partial charge is 0.338 e. The van der Waals surface area contributed by atoms with Crippen LogP contribution in [-0.2, 0) is 15.3 Å². The van der Waals surface area contributed by atoms with Crippen molar-refractivity contribution in [3.63, 3.8) is 0 Å². The molecule has 0 fully saturated rings. The van der Waals surface area contributed by atoms with E-state index in [1.54, 1.807) is 35.7 Å². The van der Waals surface area contributed by atoms with Gasteiger partial charge in [0.05, 0.1) is 12.1 Å². The van der Waals surface area contributed by atoms with Gasteiger partial charge in [-0.3, -0.25) is 9.79 Å². The van der Waals surface area contributed by atoms with E-state index in [0.717, 1.165) is 33.0 Å². The number of nitrogens with one attached hydrogen (secondary N) is 1. The van der Waals surface area contributed by atoms with Crippen LogP contribution in [0.5, 0.6) is 0 Å². The molecule has 1 N–H and O–H groups in total. The highest BCUT2D eigenvalue weighted by atomic mass is 32.2. The maximum absolute atomic E-state index is 12.5. The molecule has 0 saturated carbocycles. The summed E-state index contributed by atoms with van der Waals surface area (Å²) in [5, 5.41) is 4.91. The van der Waals surface area contributed by atoms with Gasteiger partial charge in [-0.25, -0.2) is 4.79 Å². The molecule has 0 spiro atoms. The predicted octanol–water partition coefficient (Wildman–Crippen LogP) is 4.97. The number of rotatable bonds is 6. The standard InChI is InChI=1S/C23H20N2O3S2/c26-21(25-19-10-9-16-5-1-2-6-17(16)13-19)14-28-22(27)20-8-4-3-7-18(20)15-30-23-24-11-12-29-23/h1-10,13H,11-12,14-15H2,(H,25,26). The van der Waals surface area contributed by atoms with Crippen LogP contribution in [0, 0.1) is 0 Å². The molecule has 0 bridgehead atoms. The molecule has 1 heterocycles. The Morgan fingerprint density at radius 1 is 1.03 bits per heavy atom. The van der Waals surface area contributed by atoms with E-state index in [0.29, 0.717) is 17.0 Å². The van der Waals surface area contributed by atoms with Crippen LogP contribution in [0.4, 0.5) is 5.69 Å². The van der Waals surface area contributed by atoms with Crippen molar-refractivity contribution in [3.05, 3.63) is 77.9 Å². The lowest BCUT2D eigenvalue weighted by Gasteiger charge is -2.10. The van der Waals surface area contributed by atoms with Gasteiger partial charge in [-0.2, -0.15) is 0 Å². The van der Waals surface area contributed by atoms with Gasteiger partial charge in [-0.1, -0.05) is 72.1 Å². The van der Waals surface area contributed by atoms with E-state index in [2.05, 4.69) is 10.3 Å². The zero-order chi connectivity index (χ0) is 20.8. The number of hydrogen-bond donors (Lipinski definition) is 1. The molecule has 0 aliphatic carbocycles. The third-order valence-electron chi connectivity index (χ3n) is 4.51. The molecule has 3 aromatic rings. The Hall–Kier alpha value is -2.77. The van der Waals surface area contributed by atoms with Gasteiger partial charge in [0.25, 0.3) is 5.91 Å². The normalized spacial score (nSPS) is 13.1. The fraction of sp³-hybridized carbons (Fsp3) is 0.174. The number of nitrogens with zero attached hydrogens (tertiary/aromatic N) is 1. The first-order chi connectivity index (χ1) is 14.7. The fourth-order valence-corrected chi connectivity index (χ4v) is 5.07. The number of ether oxygens (including phenoxy) is 1. The van der Waals surface area contributed by atoms with Crippen molar-refractivity contribution in [3.8, 4) is 0 Å². The van der Waals surface area contributed by atoms with Crippen molar-refractivity contribution < 1.29 is 14.3 Å². The molecule has 7 heteroatoms. The summed E-state index contributed by atoms with van der Waals surface area (Å²) in [6.07, 6.45) is 0. The predicted molar refractivity (Wildman–Crippen MR) is 125 cm³/mol. The molecule has 5 nitrogen and oxygen atoms in total. The van der Waals surface area contributed by atoms with Gasteiger partial charge in [-0.05, 0) is 34.5 Å². The van der Waals surface area contributed by atoms with Gasteiger partial charge in [0, 0.05) is 17.2 Å². The van der Waals surface area contributed by atoms with E-state index in [4.69, 9.17) is 4.74 Å². The second-order valence-electron chi connectivity index (χ2n) is 6.63. The van der Waals surface area contributed by atoms with Gasteiger partial charge in [0.15, 0.2) is 6.61 Å². The number of fused-ring (bicyclic) bond motifs is 1. The van der Waals surface area contributed by atoms with Crippen molar-refractivity contribution in [1.29, 1.82) is 0 Å². The van der Waals surface area contributed by atoms with Gasteiger partial charge < -0.3 is 10.1 Å². The molecule has 3 aromatic carbocycles. The summed E-state index contributed by atoms with van der Waals surface area (Å²) in [6.45, 7) is 0.513. The van der Waals surface area contributed by atoms with Crippen LogP contribution in [-0.4, -0.2) is 35.2 Å². The fourth-order valence-electron chi connectivity index (χ4n) is 3.06. The molecule has 152 valence electrons. The molecule has 0 aromatic heterocycles. The Morgan fingerprint density at radius 3 is 2.67 bits per heavy atom. The molecular weight excluding hydrogens is 416 g/mol. The quantitative estimate of drug-likeness (QED) is 0.553. The third kappa shape index (κ3) is 5.23. The number of anilines is 1. The Bertz CT molecular complexity index is 1110. The summed E-state index contributed by atoms with van der Waals surface area (Å²) < 4.78 is 6.32. The molecule has 1 amide bonds. The van der Waals surface area contributed by atoms with Crippen LogP contribution in [0.2, 0.25) is 0 Å². The SMILES string of the molecule is O=C(COC(=O)c1ccccc1CSC1=NCCS1)Nc1ccc2ccccc2c1. The summed E-state index contributed by atoms with van der Waals surface area (Å²) in [5.41, 5.74) is 2.02. The van der Waals surface area contributed by atoms with Gasteiger partial charge >= 0.3 is 5.97 Å². The number of carbonyl (C=O) groups is 2. The lowest BCUT2D eigenvalue weighted by atomic mass is 10.1. The monoisotopic (exact) mass is 436 g/mol. The first-order valence-corrected chi connectivity index (χ1v) is 11.5. The summed E-state index contributed by atoms with van der Waals surface area (Å²) in [6, 6.07) is 20.9. The van der Waals surface area contributed by atoms with Crippen LogP contribution in [0.3, 0.4) is 0 Å². The van der Waals surface area contributed by atoms with E-state index >= 15 is 0 Å². The van der Waals surface area contributed by atoms with Crippen LogP contribution in [0.1, 0.15) is 15.9 Å². The van der Waals surface area contributed by atoms with Crippen molar-refractivity contribution in [1.82, 2.24) is 0 Å². The number of carbonyl (C=O) groups excluding carboxylic acids is 2. The zero-order valence-electron chi connectivity index (χ0n) is 16.2. The Kier molecular flexibility index (Phi) is 6.71. The molecule has 1 aliphatic heterocycles. The van der Waals surface area contributed by atoms with E-state index in [1.165, 1.54) is 0 Å². The molecule has 0 radical (unpaired) electrons. The van der Waals surface area contributed by atoms with Crippen molar-refractivity contribution >= 4 is 56.2 Å². The highest BCUT2D eigenvalue weighted by Gasteiger charge is 2.16. The van der Waals surface area contributed by atoms with Crippen LogP contribution in [0.15, 0.2) is 71.7 Å². The van der Waals surface area contributed by atoms with Gasteiger partial charge in [0.2, 0.25) is 0 Å². The Morgan fingerprint density at radius 2 is 1.83 bits per heavy atom. The minimum atomic E-state index is -0.499. The average molecular weight is 437 g/mol. The minimum Gasteiger partial charge on any atom is -0.452 e. The second-order valence-corrected chi connectivity index (χ2v) is 8.93. The number of benzene rings is 3. The second kappa shape index (κ2) is 9.82. The maximum Gasteiger partial charge on any atom is 0.338 e. The third-order valence-corrected chi connectivity index (χ3v) is 6.81. The Labute approximate surface area is 183 Å². The van der Waals surface area contributed by atoms with Crippen LogP contribution < -0.4 is 5.32 Å². The number of aliphatic imine (C=N–C) groups is 1. The first-order valence-electron chi connectivity index (χ1n) is 9.53. The molecule has 30 heavy (non-hydrogen) atoms. The van der Waals surface area contributed by atoms with E-state index < -0.39 is 5.97 Å². The lowest BCUT2D eigenvalue weighted by molar-refractivity contribution is -0.119. The summed E-state index contributed by atoms with van der Waals surface area (Å²) in [5.74, 6) is 0.779. The largest absolute Gasteiger partial charge is 0.452 e. The van der Waals surface area contributed by atoms with E-state index in [1.807, 2.05) is 54.6 Å². The molecule has 0 saturated heterocycles. The number of hydrogen-bond acceptors (Lipinski definition) is 6. The highest BCUT2D eigenvalue weighted by Crippen LogP contribution is 2.26. The topological polar surface area (TPSA) is 67.8 Å². The minimum absolute atomic E-state index is 0.338. The van der Waals surface area contributed by atoms with Crippen molar-refractivity contribution in [2.75, 3.05) is 24.2 Å². The number of amides is 1. The Balaban J connectivity index is 1.34. The lowest BCUT2D eigenvalue weighted by Crippen LogP contribution is -2.21. The van der Waals surface area contributed by atoms with Gasteiger partial charge in [0.1, 0.15) is 4.38 Å². The summed E-state index contributed by atoms with van der Waals surface area (Å²) in [7, 11) is 0. The summed E-state index contributed by atoms with van der Waals surface area (Å²) >= 11 is 3.36. The highest BCUT2D eigenvalue weighted by molar-refractivity contribution is 8.38. The molecule has 4 rings (SSSR count). The number of thioether (sulfide) groups is 2. The van der Waals surface area contributed by atoms with Crippen molar-refractivity contribution in [2.45, 2.75) is 5.75 Å². The molecular formula is C23H20N2O3S2. The van der Waals surface area contributed by atoms with E-state index in [-0.39, 0.29) is 12.5 Å². The van der Waals surface area contributed by atoms with E-state index in [9.17, 15) is 9.59 Å². The average Bonchev–Trinajstić information content (AvgIpc) is 3.30. The first kappa shape index (κ1) is 20.5. The molecule has 0 unspecified atom stereocenters. The summed E-state index contributed by atoms with van der Waals surface area (Å²) in [4.78, 5) is 29.2. The van der Waals surface area contributed by atoms with Crippen molar-refractivity contribution in [2.24, 2.45) is 4.99 Å². The van der Waals surface area contributed by atoms with Crippen LogP contribution in [0.25, 0.3) is 10.8 Å². The zero-order valence-corrected chi connectivity index (χ0v) is 17.8. The molecule has 0 atom stereocenters. The van der Waals surface area contributed by atoms with Gasteiger partial charge in [-0.15, -0.1) is 0 Å². The maximum atomic E-state index is 12.5. The number of esters is 1. The van der Waals surface area contributed by atoms with Crippen LogP contribution >= 0.6 is 23.5 Å².